The van der Waals surface area contributed by atoms with E-state index in [-0.39, 0.29) is 82.2 Å². The highest BCUT2D eigenvalue weighted by molar-refractivity contribution is 7.23. The Bertz CT molecular complexity index is 2140. The fourth-order valence-corrected chi connectivity index (χ4v) is 9.09. The normalized spacial score (nSPS) is 21.9. The molecule has 0 aliphatic carbocycles. The van der Waals surface area contributed by atoms with E-state index in [0.29, 0.717) is 37.3 Å². The third kappa shape index (κ3) is 6.43. The zero-order valence-corrected chi connectivity index (χ0v) is 30.0. The number of carbonyl (C=O) groups is 1. The van der Waals surface area contributed by atoms with Crippen molar-refractivity contribution in [3.63, 3.8) is 0 Å². The van der Waals surface area contributed by atoms with Crippen LogP contribution < -0.4 is 15.4 Å². The number of halogens is 6. The number of anilines is 2. The second kappa shape index (κ2) is 13.7. The van der Waals surface area contributed by atoms with Crippen LogP contribution in [0.25, 0.3) is 32.1 Å². The number of nitrogens with zero attached hydrogens (tertiary/aromatic N) is 6. The van der Waals surface area contributed by atoms with Gasteiger partial charge in [0.05, 0.1) is 27.5 Å². The first-order valence-corrected chi connectivity index (χ1v) is 18.2. The second-order valence-electron chi connectivity index (χ2n) is 14.1. The summed E-state index contributed by atoms with van der Waals surface area (Å²) in [6.07, 6.45) is -5.00. The summed E-state index contributed by atoms with van der Waals surface area (Å²) in [6, 6.07) is 3.71. The number of carbonyl (C=O) groups excluding carboxylic acids is 1. The number of benzene rings is 2. The van der Waals surface area contributed by atoms with E-state index in [9.17, 15) is 18.8 Å². The lowest BCUT2D eigenvalue weighted by atomic mass is 9.92. The predicted molar refractivity (Wildman–Crippen MR) is 188 cm³/mol. The zero-order chi connectivity index (χ0) is 38.0. The molecule has 0 radical (unpaired) electrons. The van der Waals surface area contributed by atoms with Gasteiger partial charge in [-0.15, -0.1) is 11.3 Å². The lowest BCUT2D eigenvalue weighted by Gasteiger charge is -2.32. The van der Waals surface area contributed by atoms with Crippen molar-refractivity contribution in [2.24, 2.45) is 0 Å². The predicted octanol–water partition coefficient (Wildman–Crippen LogP) is 7.66. The number of hydrogen-bond acceptors (Lipinski definition) is 10. The molecule has 5 heterocycles. The van der Waals surface area contributed by atoms with Crippen molar-refractivity contribution < 1.29 is 40.6 Å². The summed E-state index contributed by atoms with van der Waals surface area (Å²) >= 11 is 0.675. The van der Waals surface area contributed by atoms with Gasteiger partial charge in [-0.05, 0) is 64.3 Å². The number of aromatic nitrogens is 2. The first kappa shape index (κ1) is 36.8. The fraction of sp³-hybridized carbons (Fsp3) is 0.500. The van der Waals surface area contributed by atoms with Gasteiger partial charge in [-0.1, -0.05) is 6.07 Å². The van der Waals surface area contributed by atoms with Crippen LogP contribution in [0.2, 0.25) is 0 Å². The highest BCUT2D eigenvalue weighted by atomic mass is 32.1. The van der Waals surface area contributed by atoms with Crippen LogP contribution in [0.4, 0.5) is 42.0 Å². The molecule has 4 aromatic rings. The number of nitrogens with two attached hydrogens (primary N) is 1. The molecule has 1 amide bonds. The lowest BCUT2D eigenvalue weighted by Crippen LogP contribution is -2.43. The highest BCUT2D eigenvalue weighted by Crippen LogP contribution is 2.48. The average Bonchev–Trinajstić information content (AvgIpc) is 3.87. The van der Waals surface area contributed by atoms with Gasteiger partial charge in [0.15, 0.2) is 5.82 Å². The molecular formula is C36H37F6N7O3S. The first-order chi connectivity index (χ1) is 25.2. The SMILES string of the molecule is CCN(c1nc(OCC23CCCN2CC(F)C3)nc2c(F)c(-c3ccc(F)c4sc(N)c(C#N)c34)c(C(F)(F)F)cc12)C1CCN(C(=O)OC(C)C)C1. The number of nitrogen functional groups attached to an aromatic ring is 1. The minimum atomic E-state index is -5.13. The summed E-state index contributed by atoms with van der Waals surface area (Å²) in [7, 11) is 0. The number of hydrogen-bond donors (Lipinski definition) is 1. The van der Waals surface area contributed by atoms with Crippen LogP contribution in [0.5, 0.6) is 6.01 Å². The summed E-state index contributed by atoms with van der Waals surface area (Å²) in [5.74, 6) is -2.27. The average molecular weight is 762 g/mol. The van der Waals surface area contributed by atoms with E-state index in [2.05, 4.69) is 9.97 Å². The molecule has 53 heavy (non-hydrogen) atoms. The molecule has 0 bridgehead atoms. The fourth-order valence-electron chi connectivity index (χ4n) is 8.14. The van der Waals surface area contributed by atoms with E-state index in [1.165, 1.54) is 4.90 Å². The molecular weight excluding hydrogens is 724 g/mol. The summed E-state index contributed by atoms with van der Waals surface area (Å²) in [5.41, 5.74) is 1.83. The number of alkyl halides is 4. The van der Waals surface area contributed by atoms with Crippen LogP contribution in [-0.4, -0.2) is 89.0 Å². The maximum atomic E-state index is 17.2. The van der Waals surface area contributed by atoms with E-state index < -0.39 is 58.3 Å². The van der Waals surface area contributed by atoms with Crippen molar-refractivity contribution in [2.45, 2.75) is 76.5 Å². The summed E-state index contributed by atoms with van der Waals surface area (Å²) in [5, 5.41) is 9.21. The molecule has 2 N–H and O–H groups in total. The van der Waals surface area contributed by atoms with Gasteiger partial charge < -0.3 is 25.0 Å². The van der Waals surface area contributed by atoms with Gasteiger partial charge >= 0.3 is 18.3 Å². The number of likely N-dealkylation sites (N-methyl/N-ethyl adjacent to an activating group) is 1. The van der Waals surface area contributed by atoms with Crippen LogP contribution in [0.1, 0.15) is 57.6 Å². The van der Waals surface area contributed by atoms with Gasteiger partial charge in [0.2, 0.25) is 0 Å². The van der Waals surface area contributed by atoms with Gasteiger partial charge in [-0.2, -0.15) is 28.4 Å². The van der Waals surface area contributed by atoms with Crippen LogP contribution in [0.15, 0.2) is 18.2 Å². The monoisotopic (exact) mass is 761 g/mol. The molecule has 3 aliphatic rings. The van der Waals surface area contributed by atoms with Gasteiger partial charge in [0, 0.05) is 55.0 Å². The standard InChI is InChI=1S/C36H37F6N7O3S/c1-4-49(20-8-11-47(16-20)34(50)52-18(2)3)32-22-12-24(36(40,41)42)27(21-6-7-25(38)30-26(21)23(14-43)31(44)53-30)28(39)29(22)45-33(46-32)51-17-35-9-5-10-48(35)15-19(37)13-35/h6-7,12,18-20H,4-5,8-11,13,15-17,44H2,1-3H3. The highest BCUT2D eigenvalue weighted by Gasteiger charge is 2.49. The van der Waals surface area contributed by atoms with Gasteiger partial charge in [0.1, 0.15) is 41.0 Å². The third-order valence-electron chi connectivity index (χ3n) is 10.4. The molecule has 17 heteroatoms. The largest absolute Gasteiger partial charge is 0.461 e. The van der Waals surface area contributed by atoms with E-state index >= 15 is 17.6 Å². The summed E-state index contributed by atoms with van der Waals surface area (Å²) < 4.78 is 103. The van der Waals surface area contributed by atoms with Crippen molar-refractivity contribution in [3.05, 3.63) is 41.0 Å². The molecule has 10 nitrogen and oxygen atoms in total. The number of rotatable bonds is 8. The molecule has 7 rings (SSSR count). The van der Waals surface area contributed by atoms with Crippen molar-refractivity contribution >= 4 is 49.2 Å². The molecule has 3 atom stereocenters. The molecule has 3 saturated heterocycles. The smallest absolute Gasteiger partial charge is 0.417 e. The van der Waals surface area contributed by atoms with Gasteiger partial charge in [-0.25, -0.2) is 18.0 Å². The Labute approximate surface area is 305 Å². The molecule has 2 aromatic carbocycles. The van der Waals surface area contributed by atoms with Crippen molar-refractivity contribution in [2.75, 3.05) is 50.0 Å². The molecule has 0 saturated carbocycles. The molecule has 3 aliphatic heterocycles. The molecule has 282 valence electrons. The molecule has 3 unspecified atom stereocenters. The van der Waals surface area contributed by atoms with Crippen LogP contribution in [-0.2, 0) is 10.9 Å². The molecule has 0 spiro atoms. The first-order valence-electron chi connectivity index (χ1n) is 17.4. The number of amides is 1. The number of thiophene rings is 1. The Morgan fingerprint density at radius 2 is 2.00 bits per heavy atom. The number of nitriles is 1. The van der Waals surface area contributed by atoms with Crippen molar-refractivity contribution in [1.29, 1.82) is 5.26 Å². The zero-order valence-electron chi connectivity index (χ0n) is 29.2. The molecule has 2 aromatic heterocycles. The Balaban J connectivity index is 1.42. The molecule has 3 fully saturated rings. The van der Waals surface area contributed by atoms with Crippen molar-refractivity contribution in [1.82, 2.24) is 19.8 Å². The number of ether oxygens (including phenoxy) is 2. The quantitative estimate of drug-likeness (QED) is 0.181. The topological polar surface area (TPSA) is 121 Å². The maximum absolute atomic E-state index is 17.2. The maximum Gasteiger partial charge on any atom is 0.417 e. The number of likely N-dealkylation sites (tertiary alicyclic amines) is 1. The van der Waals surface area contributed by atoms with Crippen LogP contribution in [0.3, 0.4) is 0 Å². The Kier molecular flexibility index (Phi) is 9.50. The van der Waals surface area contributed by atoms with E-state index in [1.54, 1.807) is 25.7 Å². The third-order valence-corrected chi connectivity index (χ3v) is 11.5. The van der Waals surface area contributed by atoms with Crippen molar-refractivity contribution in [3.8, 4) is 23.2 Å². The number of fused-ring (bicyclic) bond motifs is 3. The Hall–Kier alpha value is -4.56. The van der Waals surface area contributed by atoms with E-state index in [4.69, 9.17) is 15.2 Å². The van der Waals surface area contributed by atoms with Crippen LogP contribution in [0, 0.1) is 23.0 Å². The van der Waals surface area contributed by atoms with Crippen LogP contribution >= 0.6 is 11.3 Å². The Morgan fingerprint density at radius 3 is 2.70 bits per heavy atom. The van der Waals surface area contributed by atoms with Gasteiger partial charge in [-0.3, -0.25) is 4.90 Å². The summed E-state index contributed by atoms with van der Waals surface area (Å²) in [6.45, 7) is 6.75. The minimum Gasteiger partial charge on any atom is -0.461 e. The second-order valence-corrected chi connectivity index (χ2v) is 15.1. The summed E-state index contributed by atoms with van der Waals surface area (Å²) in [4.78, 5) is 26.9. The lowest BCUT2D eigenvalue weighted by molar-refractivity contribution is -0.137. The van der Waals surface area contributed by atoms with E-state index in [0.717, 1.165) is 24.6 Å². The van der Waals surface area contributed by atoms with E-state index in [1.807, 2.05) is 11.0 Å². The minimum absolute atomic E-state index is 0.0316. The Morgan fingerprint density at radius 1 is 1.23 bits per heavy atom. The van der Waals surface area contributed by atoms with Gasteiger partial charge in [0.25, 0.3) is 0 Å².